The molecule has 1 aliphatic carbocycles. The van der Waals surface area contributed by atoms with Gasteiger partial charge in [-0.05, 0) is 44.6 Å². The minimum absolute atomic E-state index is 0.140. The number of pyridine rings is 1. The highest BCUT2D eigenvalue weighted by Crippen LogP contribution is 2.34. The van der Waals surface area contributed by atoms with Gasteiger partial charge in [0.2, 0.25) is 11.6 Å². The average Bonchev–Trinajstić information content (AvgIpc) is 3.11. The number of aromatic amines is 1. The van der Waals surface area contributed by atoms with Crippen LogP contribution in [-0.4, -0.2) is 37.2 Å². The van der Waals surface area contributed by atoms with Gasteiger partial charge in [0.25, 0.3) is 0 Å². The number of nitrogens with one attached hydrogen (secondary N) is 2. The standard InChI is InChI=1S/C20H21FN6O/c1-11(12-3-5-14(28)6-4-12)26-20-25-10-17(22-2)18(27-20)16-9-24-19-15(16)7-13(21)8-23-19/h7-12,14,28H,3-6H2,1H3,(H,23,24)(H,25,26,27)/t11-,12-,14+/m1/s1. The predicted molar refractivity (Wildman–Crippen MR) is 104 cm³/mol. The quantitative estimate of drug-likeness (QED) is 0.594. The molecule has 3 aromatic rings. The Bertz CT molecular complexity index is 1030. The number of fused-ring (bicyclic) bond motifs is 1. The fourth-order valence-electron chi connectivity index (χ4n) is 3.82. The van der Waals surface area contributed by atoms with Crippen LogP contribution in [0.1, 0.15) is 32.6 Å². The van der Waals surface area contributed by atoms with E-state index in [0.717, 1.165) is 31.9 Å². The zero-order valence-electron chi connectivity index (χ0n) is 15.5. The molecule has 3 aromatic heterocycles. The van der Waals surface area contributed by atoms with Gasteiger partial charge in [0.15, 0.2) is 0 Å². The predicted octanol–water partition coefficient (Wildman–Crippen LogP) is 4.06. The molecular weight excluding hydrogens is 359 g/mol. The lowest BCUT2D eigenvalue weighted by Gasteiger charge is -2.30. The number of hydrogen-bond donors (Lipinski definition) is 3. The zero-order valence-corrected chi connectivity index (χ0v) is 15.5. The molecule has 7 nitrogen and oxygen atoms in total. The molecule has 0 spiro atoms. The van der Waals surface area contributed by atoms with E-state index in [1.54, 1.807) is 6.20 Å². The number of H-pyrrole nitrogens is 1. The number of halogens is 1. The van der Waals surface area contributed by atoms with Gasteiger partial charge < -0.3 is 15.4 Å². The first-order valence-corrected chi connectivity index (χ1v) is 9.37. The van der Waals surface area contributed by atoms with Crippen molar-refractivity contribution < 1.29 is 9.50 Å². The Labute approximate surface area is 161 Å². The molecule has 0 aromatic carbocycles. The van der Waals surface area contributed by atoms with Crippen LogP contribution in [0.3, 0.4) is 0 Å². The second kappa shape index (κ2) is 7.52. The first kappa shape index (κ1) is 18.3. The van der Waals surface area contributed by atoms with Gasteiger partial charge in [0, 0.05) is 29.4 Å². The molecule has 3 N–H and O–H groups in total. The molecule has 0 radical (unpaired) electrons. The van der Waals surface area contributed by atoms with Gasteiger partial charge in [-0.2, -0.15) is 0 Å². The summed E-state index contributed by atoms with van der Waals surface area (Å²) < 4.78 is 13.7. The Morgan fingerprint density at radius 1 is 1.29 bits per heavy atom. The van der Waals surface area contributed by atoms with Gasteiger partial charge in [-0.3, -0.25) is 0 Å². The van der Waals surface area contributed by atoms with Crippen molar-refractivity contribution in [3.63, 3.8) is 0 Å². The molecule has 1 saturated carbocycles. The third kappa shape index (κ3) is 3.53. The van der Waals surface area contributed by atoms with Crippen LogP contribution in [0.4, 0.5) is 16.0 Å². The van der Waals surface area contributed by atoms with Gasteiger partial charge >= 0.3 is 0 Å². The second-order valence-electron chi connectivity index (χ2n) is 7.29. The summed E-state index contributed by atoms with van der Waals surface area (Å²) in [6, 6.07) is 1.52. The summed E-state index contributed by atoms with van der Waals surface area (Å²) in [6.07, 6.45) is 7.66. The van der Waals surface area contributed by atoms with E-state index in [9.17, 15) is 9.50 Å². The smallest absolute Gasteiger partial charge is 0.231 e. The molecule has 3 heterocycles. The molecule has 1 atom stereocenters. The molecule has 0 aliphatic heterocycles. The molecule has 1 aliphatic rings. The summed E-state index contributed by atoms with van der Waals surface area (Å²) in [5.74, 6) is 0.417. The lowest BCUT2D eigenvalue weighted by atomic mass is 9.83. The first-order valence-electron chi connectivity index (χ1n) is 9.37. The van der Waals surface area contributed by atoms with Crippen molar-refractivity contribution in [2.75, 3.05) is 5.32 Å². The molecule has 1 fully saturated rings. The molecule has 0 unspecified atom stereocenters. The van der Waals surface area contributed by atoms with Crippen molar-refractivity contribution in [1.82, 2.24) is 19.9 Å². The van der Waals surface area contributed by atoms with Crippen LogP contribution in [0.2, 0.25) is 0 Å². The lowest BCUT2D eigenvalue weighted by molar-refractivity contribution is 0.105. The Hall–Kier alpha value is -3.05. The van der Waals surface area contributed by atoms with Crippen molar-refractivity contribution in [1.29, 1.82) is 0 Å². The van der Waals surface area contributed by atoms with Gasteiger partial charge in [-0.15, -0.1) is 0 Å². The largest absolute Gasteiger partial charge is 0.393 e. The van der Waals surface area contributed by atoms with Crippen molar-refractivity contribution >= 4 is 22.7 Å². The van der Waals surface area contributed by atoms with Gasteiger partial charge in [-0.25, -0.2) is 24.2 Å². The normalized spacial score (nSPS) is 20.6. The fourth-order valence-corrected chi connectivity index (χ4v) is 3.82. The highest BCUT2D eigenvalue weighted by atomic mass is 19.1. The molecule has 0 bridgehead atoms. The Kier molecular flexibility index (Phi) is 4.92. The summed E-state index contributed by atoms with van der Waals surface area (Å²) in [4.78, 5) is 19.4. The SMILES string of the molecule is [C-]#[N+]c1cnc(N[C@H](C)[C@H]2CC[C@@H](O)CC2)nc1-c1c[nH]c2ncc(F)cc12. The number of aromatic nitrogens is 4. The molecule has 144 valence electrons. The van der Waals surface area contributed by atoms with Crippen LogP contribution in [0.15, 0.2) is 24.7 Å². The number of nitrogens with zero attached hydrogens (tertiary/aromatic N) is 4. The maximum atomic E-state index is 13.7. The number of hydrogen-bond acceptors (Lipinski definition) is 5. The van der Waals surface area contributed by atoms with E-state index in [0.29, 0.717) is 39.8 Å². The van der Waals surface area contributed by atoms with Crippen molar-refractivity contribution in [3.05, 3.63) is 41.9 Å². The minimum atomic E-state index is -0.446. The van der Waals surface area contributed by atoms with Crippen LogP contribution in [0.25, 0.3) is 27.1 Å². The van der Waals surface area contributed by atoms with E-state index >= 15 is 0 Å². The van der Waals surface area contributed by atoms with Crippen molar-refractivity contribution in [2.45, 2.75) is 44.8 Å². The third-order valence-corrected chi connectivity index (χ3v) is 5.45. The van der Waals surface area contributed by atoms with Crippen LogP contribution in [0.5, 0.6) is 0 Å². The van der Waals surface area contributed by atoms with Crippen LogP contribution in [0, 0.1) is 18.3 Å². The Morgan fingerprint density at radius 3 is 2.82 bits per heavy atom. The fraction of sp³-hybridized carbons (Fsp3) is 0.400. The summed E-state index contributed by atoms with van der Waals surface area (Å²) in [7, 11) is 0. The monoisotopic (exact) mass is 380 g/mol. The third-order valence-electron chi connectivity index (χ3n) is 5.45. The average molecular weight is 380 g/mol. The Balaban J connectivity index is 1.65. The molecule has 0 amide bonds. The van der Waals surface area contributed by atoms with Crippen LogP contribution >= 0.6 is 0 Å². The van der Waals surface area contributed by atoms with E-state index in [-0.39, 0.29) is 12.1 Å². The van der Waals surface area contributed by atoms with Gasteiger partial charge in [-0.1, -0.05) is 0 Å². The van der Waals surface area contributed by atoms with E-state index in [4.69, 9.17) is 6.57 Å². The highest BCUT2D eigenvalue weighted by molar-refractivity contribution is 5.95. The zero-order chi connectivity index (χ0) is 19.7. The number of rotatable bonds is 4. The Morgan fingerprint density at radius 2 is 2.07 bits per heavy atom. The maximum absolute atomic E-state index is 13.7. The van der Waals surface area contributed by atoms with E-state index in [1.807, 2.05) is 0 Å². The van der Waals surface area contributed by atoms with Gasteiger partial charge in [0.1, 0.15) is 11.5 Å². The van der Waals surface area contributed by atoms with Crippen molar-refractivity contribution in [3.8, 4) is 11.3 Å². The van der Waals surface area contributed by atoms with E-state index in [1.165, 1.54) is 12.3 Å². The molecular formula is C20H21FN6O. The topological polar surface area (TPSA) is 91.1 Å². The maximum Gasteiger partial charge on any atom is 0.231 e. The van der Waals surface area contributed by atoms with E-state index < -0.39 is 5.82 Å². The highest BCUT2D eigenvalue weighted by Gasteiger charge is 2.25. The van der Waals surface area contributed by atoms with Crippen LogP contribution in [-0.2, 0) is 0 Å². The molecule has 8 heteroatoms. The summed E-state index contributed by atoms with van der Waals surface area (Å²) in [5.41, 5.74) is 1.89. The summed E-state index contributed by atoms with van der Waals surface area (Å²) in [5, 5.41) is 13.6. The molecule has 0 saturated heterocycles. The van der Waals surface area contributed by atoms with E-state index in [2.05, 4.69) is 37.0 Å². The molecule has 28 heavy (non-hydrogen) atoms. The minimum Gasteiger partial charge on any atom is -0.393 e. The van der Waals surface area contributed by atoms with Crippen molar-refractivity contribution in [2.24, 2.45) is 5.92 Å². The van der Waals surface area contributed by atoms with Crippen LogP contribution < -0.4 is 5.32 Å². The number of aliphatic hydroxyl groups is 1. The number of aliphatic hydroxyl groups excluding tert-OH is 1. The molecule has 4 rings (SSSR count). The number of anilines is 1. The summed E-state index contributed by atoms with van der Waals surface area (Å²) in [6.45, 7) is 9.51. The first-order chi connectivity index (χ1) is 13.5. The van der Waals surface area contributed by atoms with Gasteiger partial charge in [0.05, 0.1) is 24.6 Å². The lowest BCUT2D eigenvalue weighted by Crippen LogP contribution is -2.31. The summed E-state index contributed by atoms with van der Waals surface area (Å²) >= 11 is 0. The second-order valence-corrected chi connectivity index (χ2v) is 7.29.